The molecule has 0 saturated carbocycles. The molecule has 3 aliphatic heterocycles. The molecule has 0 aliphatic carbocycles. The number of hydrogen-bond donors (Lipinski definition) is 3. The number of aromatic amines is 1. The predicted molar refractivity (Wildman–Crippen MR) is 141 cm³/mol. The molecular weight excluding hydrogens is 526 g/mol. The van der Waals surface area contributed by atoms with Gasteiger partial charge in [0, 0.05) is 26.4 Å². The van der Waals surface area contributed by atoms with Crippen molar-refractivity contribution in [2.75, 3.05) is 40.0 Å². The first-order valence-electron chi connectivity index (χ1n) is 13.0. The molecule has 2 saturated heterocycles. The standard InChI is InChI=1S/C28H28F2N4O6/c1-31-10-16-25-20(33-28(16)40-22-13-39-26-21(36)12-38-27(22)26)3-2-19(32-25)24-17(29)8-15(9-18(24)30)14-4-6-34(7-5-14)23(37)11-35/h2-4,8-10,21-22,26-27,33,35-36H,5-7,11-13H2,1H3/t21-,22-,26?,27-/m1/s1. The molecule has 6 rings (SSSR count). The third-order valence-corrected chi connectivity index (χ3v) is 7.52. The summed E-state index contributed by atoms with van der Waals surface area (Å²) in [5.41, 5.74) is 2.48. The number of pyridine rings is 1. The molecule has 1 aromatic carbocycles. The lowest BCUT2D eigenvalue weighted by Gasteiger charge is -2.26. The maximum absolute atomic E-state index is 15.4. The third kappa shape index (κ3) is 4.66. The zero-order valence-corrected chi connectivity index (χ0v) is 21.6. The summed E-state index contributed by atoms with van der Waals surface area (Å²) in [7, 11) is 1.59. The highest BCUT2D eigenvalue weighted by atomic mass is 19.1. The summed E-state index contributed by atoms with van der Waals surface area (Å²) in [6.45, 7) is 0.449. The van der Waals surface area contributed by atoms with Crippen LogP contribution in [0.25, 0.3) is 27.9 Å². The Hall–Kier alpha value is -3.71. The number of aliphatic imine (C=N–C) groups is 1. The number of carbonyl (C=O) groups excluding carboxylic acids is 1. The molecule has 3 N–H and O–H groups in total. The number of nitrogens with one attached hydrogen (secondary N) is 1. The van der Waals surface area contributed by atoms with Crippen molar-refractivity contribution in [1.82, 2.24) is 14.9 Å². The highest BCUT2D eigenvalue weighted by Crippen LogP contribution is 2.35. The molecule has 1 unspecified atom stereocenters. The van der Waals surface area contributed by atoms with Crippen LogP contribution >= 0.6 is 0 Å². The van der Waals surface area contributed by atoms with E-state index in [4.69, 9.17) is 19.3 Å². The van der Waals surface area contributed by atoms with Crippen molar-refractivity contribution in [3.8, 4) is 17.1 Å². The van der Waals surface area contributed by atoms with Gasteiger partial charge in [-0.25, -0.2) is 13.8 Å². The second kappa shape index (κ2) is 10.7. The van der Waals surface area contributed by atoms with Crippen molar-refractivity contribution in [3.05, 3.63) is 53.1 Å². The largest absolute Gasteiger partial charge is 0.470 e. The SMILES string of the molecule is CN=Cc1c(O[C@@H]2COC3[C@H](O)CO[C@@H]32)[nH]c2ccc(-c3c(F)cc(C4=CCN(C(=O)CO)CC4)cc3F)nc12. The van der Waals surface area contributed by atoms with E-state index in [-0.39, 0.29) is 36.9 Å². The van der Waals surface area contributed by atoms with Gasteiger partial charge in [0.25, 0.3) is 0 Å². The molecular formula is C28H28F2N4O6. The zero-order valence-electron chi connectivity index (χ0n) is 21.6. The number of carbonyl (C=O) groups is 1. The van der Waals surface area contributed by atoms with Gasteiger partial charge in [0.2, 0.25) is 11.8 Å². The van der Waals surface area contributed by atoms with E-state index in [0.717, 1.165) is 5.57 Å². The number of rotatable bonds is 6. The number of amides is 1. The fourth-order valence-corrected chi connectivity index (χ4v) is 5.50. The fraction of sp³-hybridized carbons (Fsp3) is 0.393. The maximum atomic E-state index is 15.4. The molecule has 40 heavy (non-hydrogen) atoms. The summed E-state index contributed by atoms with van der Waals surface area (Å²) in [6, 6.07) is 5.74. The highest BCUT2D eigenvalue weighted by molar-refractivity contribution is 6.00. The van der Waals surface area contributed by atoms with Crippen molar-refractivity contribution in [3.63, 3.8) is 0 Å². The van der Waals surface area contributed by atoms with Crippen LogP contribution in [0.5, 0.6) is 5.88 Å². The number of aliphatic hydroxyl groups excluding tert-OH is 2. The Balaban J connectivity index is 1.30. The Labute approximate surface area is 227 Å². The number of H-pyrrole nitrogens is 1. The lowest BCUT2D eigenvalue weighted by molar-refractivity contribution is -0.133. The van der Waals surface area contributed by atoms with Gasteiger partial charge >= 0.3 is 0 Å². The quantitative estimate of drug-likeness (QED) is 0.398. The number of nitrogens with zero attached hydrogens (tertiary/aromatic N) is 3. The second-order valence-corrected chi connectivity index (χ2v) is 9.96. The molecule has 0 spiro atoms. The van der Waals surface area contributed by atoms with Crippen LogP contribution in [0.3, 0.4) is 0 Å². The average Bonchev–Trinajstić information content (AvgIpc) is 3.63. The summed E-state index contributed by atoms with van der Waals surface area (Å²) < 4.78 is 48.2. The number of aliphatic hydroxyl groups is 2. The summed E-state index contributed by atoms with van der Waals surface area (Å²) >= 11 is 0. The number of aromatic nitrogens is 2. The van der Waals surface area contributed by atoms with E-state index in [0.29, 0.717) is 41.0 Å². The summed E-state index contributed by atoms with van der Waals surface area (Å²) in [5, 5.41) is 19.1. The molecule has 2 fully saturated rings. The first kappa shape index (κ1) is 26.5. The normalized spacial score (nSPS) is 24.6. The monoisotopic (exact) mass is 554 g/mol. The van der Waals surface area contributed by atoms with Crippen LogP contribution in [-0.2, 0) is 14.3 Å². The van der Waals surface area contributed by atoms with Crippen molar-refractivity contribution in [1.29, 1.82) is 0 Å². The van der Waals surface area contributed by atoms with E-state index in [9.17, 15) is 9.90 Å². The molecule has 4 atom stereocenters. The Kier molecular flexibility index (Phi) is 7.09. The summed E-state index contributed by atoms with van der Waals surface area (Å²) in [5.74, 6) is -1.55. The van der Waals surface area contributed by atoms with Crippen molar-refractivity contribution in [2.45, 2.75) is 30.8 Å². The van der Waals surface area contributed by atoms with Crippen molar-refractivity contribution in [2.24, 2.45) is 4.99 Å². The molecule has 10 nitrogen and oxygen atoms in total. The van der Waals surface area contributed by atoms with E-state index >= 15 is 8.78 Å². The third-order valence-electron chi connectivity index (χ3n) is 7.52. The lowest BCUT2D eigenvalue weighted by atomic mass is 9.96. The minimum absolute atomic E-state index is 0.106. The number of fused-ring (bicyclic) bond motifs is 2. The molecule has 3 aromatic rings. The molecule has 2 aromatic heterocycles. The van der Waals surface area contributed by atoms with Crippen LogP contribution in [0.4, 0.5) is 8.78 Å². The van der Waals surface area contributed by atoms with Crippen LogP contribution in [-0.4, -0.2) is 102 Å². The van der Waals surface area contributed by atoms with E-state index in [2.05, 4.69) is 15.0 Å². The van der Waals surface area contributed by atoms with Crippen LogP contribution in [0.2, 0.25) is 0 Å². The average molecular weight is 555 g/mol. The van der Waals surface area contributed by atoms with Gasteiger partial charge in [0.15, 0.2) is 6.10 Å². The first-order chi connectivity index (χ1) is 19.4. The Morgan fingerprint density at radius 1 is 1.25 bits per heavy atom. The smallest absolute Gasteiger partial charge is 0.248 e. The molecule has 0 bridgehead atoms. The van der Waals surface area contributed by atoms with Crippen LogP contribution < -0.4 is 4.74 Å². The minimum atomic E-state index is -0.764. The summed E-state index contributed by atoms with van der Waals surface area (Å²) in [4.78, 5) is 25.0. The molecule has 5 heterocycles. The molecule has 1 amide bonds. The van der Waals surface area contributed by atoms with Gasteiger partial charge in [0.1, 0.15) is 42.1 Å². The Morgan fingerprint density at radius 3 is 2.73 bits per heavy atom. The van der Waals surface area contributed by atoms with E-state index in [1.807, 2.05) is 0 Å². The Bertz CT molecular complexity index is 1500. The Morgan fingerprint density at radius 2 is 2.02 bits per heavy atom. The maximum Gasteiger partial charge on any atom is 0.248 e. The van der Waals surface area contributed by atoms with E-state index < -0.39 is 42.7 Å². The van der Waals surface area contributed by atoms with Crippen LogP contribution in [0.15, 0.2) is 35.3 Å². The van der Waals surface area contributed by atoms with Gasteiger partial charge in [-0.05, 0) is 41.8 Å². The number of hydrogen-bond acceptors (Lipinski definition) is 8. The van der Waals surface area contributed by atoms with Gasteiger partial charge in [0.05, 0.1) is 35.6 Å². The van der Waals surface area contributed by atoms with Gasteiger partial charge in [-0.1, -0.05) is 6.08 Å². The lowest BCUT2D eigenvalue weighted by Crippen LogP contribution is -2.36. The minimum Gasteiger partial charge on any atom is -0.470 e. The van der Waals surface area contributed by atoms with Crippen molar-refractivity contribution >= 4 is 28.7 Å². The van der Waals surface area contributed by atoms with Gasteiger partial charge in [-0.15, -0.1) is 0 Å². The van der Waals surface area contributed by atoms with Crippen molar-refractivity contribution < 1.29 is 38.0 Å². The van der Waals surface area contributed by atoms with Gasteiger partial charge in [-0.3, -0.25) is 9.79 Å². The van der Waals surface area contributed by atoms with Crippen LogP contribution in [0.1, 0.15) is 17.5 Å². The highest BCUT2D eigenvalue weighted by Gasteiger charge is 2.48. The molecule has 12 heteroatoms. The second-order valence-electron chi connectivity index (χ2n) is 9.96. The predicted octanol–water partition coefficient (Wildman–Crippen LogP) is 2.07. The molecule has 210 valence electrons. The van der Waals surface area contributed by atoms with Crippen LogP contribution in [0, 0.1) is 11.6 Å². The number of benzene rings is 1. The van der Waals surface area contributed by atoms with Gasteiger partial charge < -0.3 is 34.3 Å². The van der Waals surface area contributed by atoms with Gasteiger partial charge in [-0.2, -0.15) is 0 Å². The first-order valence-corrected chi connectivity index (χ1v) is 13.0. The molecule has 3 aliphatic rings. The fourth-order valence-electron chi connectivity index (χ4n) is 5.50. The summed E-state index contributed by atoms with van der Waals surface area (Å²) in [6.07, 6.45) is 1.65. The topological polar surface area (TPSA) is 130 Å². The number of ether oxygens (including phenoxy) is 3. The van der Waals surface area contributed by atoms with E-state index in [1.54, 1.807) is 25.4 Å². The molecule has 0 radical (unpaired) electrons. The van der Waals surface area contributed by atoms with E-state index in [1.165, 1.54) is 23.1 Å². The zero-order chi connectivity index (χ0) is 28.0. The number of halogens is 2.